The van der Waals surface area contributed by atoms with Crippen LogP contribution in [0.1, 0.15) is 11.1 Å². The predicted octanol–water partition coefficient (Wildman–Crippen LogP) is 3.11. The highest BCUT2D eigenvalue weighted by Crippen LogP contribution is 2.14. The molecule has 0 fully saturated rings. The van der Waals surface area contributed by atoms with E-state index in [1.807, 2.05) is 54.8 Å². The monoisotopic (exact) mass is 314 g/mol. The van der Waals surface area contributed by atoms with E-state index in [9.17, 15) is 4.79 Å². The van der Waals surface area contributed by atoms with Crippen molar-refractivity contribution in [3.63, 3.8) is 0 Å². The van der Waals surface area contributed by atoms with E-state index in [0.29, 0.717) is 0 Å². The van der Waals surface area contributed by atoms with E-state index >= 15 is 0 Å². The highest BCUT2D eigenvalue weighted by atomic mass is 32.2. The van der Waals surface area contributed by atoms with Crippen molar-refractivity contribution in [1.82, 2.24) is 5.43 Å². The first-order chi connectivity index (χ1) is 10.7. The highest BCUT2D eigenvalue weighted by molar-refractivity contribution is 7.98. The van der Waals surface area contributed by atoms with Crippen LogP contribution in [0.4, 0.5) is 0 Å². The number of ether oxygens (including phenoxy) is 1. The van der Waals surface area contributed by atoms with Crippen molar-refractivity contribution in [3.8, 4) is 5.75 Å². The number of thioether (sulfide) groups is 1. The average molecular weight is 314 g/mol. The molecule has 0 bridgehead atoms. The van der Waals surface area contributed by atoms with Gasteiger partial charge in [-0.15, -0.1) is 11.8 Å². The number of hydrogen-bond donors (Lipinski definition) is 1. The topological polar surface area (TPSA) is 50.7 Å². The summed E-state index contributed by atoms with van der Waals surface area (Å²) in [5.41, 5.74) is 4.39. The van der Waals surface area contributed by atoms with Gasteiger partial charge in [-0.05, 0) is 41.6 Å². The van der Waals surface area contributed by atoms with Crippen LogP contribution in [0.2, 0.25) is 0 Å². The summed E-state index contributed by atoms with van der Waals surface area (Å²) < 4.78 is 5.08. The molecule has 1 N–H and O–H groups in total. The number of rotatable bonds is 6. The molecule has 1 amide bonds. The Hall–Kier alpha value is -2.27. The summed E-state index contributed by atoms with van der Waals surface area (Å²) in [6, 6.07) is 15.4. The zero-order chi connectivity index (χ0) is 15.8. The highest BCUT2D eigenvalue weighted by Gasteiger charge is 2.02. The zero-order valence-corrected chi connectivity index (χ0v) is 13.4. The number of nitrogens with zero attached hydrogens (tertiary/aromatic N) is 1. The second-order valence-corrected chi connectivity index (χ2v) is 5.47. The number of amides is 1. The molecule has 0 atom stereocenters. The average Bonchev–Trinajstić information content (AvgIpc) is 2.56. The molecule has 4 nitrogen and oxygen atoms in total. The number of nitrogens with one attached hydrogen (secondary N) is 1. The molecular weight excluding hydrogens is 296 g/mol. The summed E-state index contributed by atoms with van der Waals surface area (Å²) in [6.45, 7) is 0. The van der Waals surface area contributed by atoms with Gasteiger partial charge in [0.25, 0.3) is 0 Å². The van der Waals surface area contributed by atoms with E-state index in [0.717, 1.165) is 16.9 Å². The maximum Gasteiger partial charge on any atom is 0.244 e. The van der Waals surface area contributed by atoms with Gasteiger partial charge in [-0.3, -0.25) is 4.79 Å². The molecule has 0 radical (unpaired) electrons. The van der Waals surface area contributed by atoms with Gasteiger partial charge in [-0.25, -0.2) is 5.43 Å². The standard InChI is InChI=1S/C17H18N2O2S/c1-21-15-7-3-13(4-8-15)11-17(20)19-18-12-14-5-9-16(22-2)10-6-14/h3-10,12H,11H2,1-2H3,(H,19,20)/b18-12+. The minimum absolute atomic E-state index is 0.151. The molecule has 0 unspecified atom stereocenters. The Morgan fingerprint density at radius 1 is 1.18 bits per heavy atom. The minimum Gasteiger partial charge on any atom is -0.497 e. The fourth-order valence-corrected chi connectivity index (χ4v) is 2.25. The number of methoxy groups -OCH3 is 1. The van der Waals surface area contributed by atoms with E-state index in [2.05, 4.69) is 10.5 Å². The third-order valence-electron chi connectivity index (χ3n) is 3.04. The van der Waals surface area contributed by atoms with E-state index in [-0.39, 0.29) is 12.3 Å². The lowest BCUT2D eigenvalue weighted by atomic mass is 10.1. The van der Waals surface area contributed by atoms with Crippen molar-refractivity contribution < 1.29 is 9.53 Å². The Morgan fingerprint density at radius 3 is 2.45 bits per heavy atom. The van der Waals surface area contributed by atoms with Crippen LogP contribution in [0.15, 0.2) is 58.5 Å². The van der Waals surface area contributed by atoms with Gasteiger partial charge in [0, 0.05) is 4.90 Å². The lowest BCUT2D eigenvalue weighted by Gasteiger charge is -2.03. The Balaban J connectivity index is 1.84. The lowest BCUT2D eigenvalue weighted by Crippen LogP contribution is -2.19. The molecule has 22 heavy (non-hydrogen) atoms. The SMILES string of the molecule is COc1ccc(CC(=O)N/N=C/c2ccc(SC)cc2)cc1. The molecule has 0 aromatic heterocycles. The van der Waals surface area contributed by atoms with Gasteiger partial charge in [-0.1, -0.05) is 24.3 Å². The Bertz CT molecular complexity index is 637. The quantitative estimate of drug-likeness (QED) is 0.506. The largest absolute Gasteiger partial charge is 0.497 e. The maximum absolute atomic E-state index is 11.8. The minimum atomic E-state index is -0.151. The number of hydrazone groups is 1. The van der Waals surface area contributed by atoms with Crippen molar-refractivity contribution >= 4 is 23.9 Å². The van der Waals surface area contributed by atoms with Gasteiger partial charge in [0.2, 0.25) is 5.91 Å². The summed E-state index contributed by atoms with van der Waals surface area (Å²) in [4.78, 5) is 13.0. The molecule has 0 aliphatic heterocycles. The van der Waals surface area contributed by atoms with Gasteiger partial charge < -0.3 is 4.74 Å². The van der Waals surface area contributed by atoms with Gasteiger partial charge >= 0.3 is 0 Å². The number of carbonyl (C=O) groups excluding carboxylic acids is 1. The first-order valence-corrected chi connectivity index (χ1v) is 8.02. The van der Waals surface area contributed by atoms with E-state index in [1.165, 1.54) is 4.90 Å². The molecule has 0 spiro atoms. The number of benzene rings is 2. The summed E-state index contributed by atoms with van der Waals surface area (Å²) >= 11 is 1.69. The molecule has 0 aliphatic carbocycles. The Kier molecular flexibility index (Phi) is 6.03. The molecule has 114 valence electrons. The summed E-state index contributed by atoms with van der Waals surface area (Å²) in [5, 5.41) is 3.97. The third kappa shape index (κ3) is 4.93. The zero-order valence-electron chi connectivity index (χ0n) is 12.6. The van der Waals surface area contributed by atoms with E-state index in [4.69, 9.17) is 4.74 Å². The first kappa shape index (κ1) is 16.1. The number of hydrogen-bond acceptors (Lipinski definition) is 4. The van der Waals surface area contributed by atoms with Gasteiger partial charge in [0.05, 0.1) is 19.7 Å². The third-order valence-corrected chi connectivity index (χ3v) is 3.79. The van der Waals surface area contributed by atoms with Crippen molar-refractivity contribution in [2.45, 2.75) is 11.3 Å². The molecule has 0 heterocycles. The molecule has 0 saturated carbocycles. The van der Waals surface area contributed by atoms with Crippen molar-refractivity contribution in [1.29, 1.82) is 0 Å². The number of carbonyl (C=O) groups is 1. The van der Waals surface area contributed by atoms with Crippen LogP contribution in [-0.2, 0) is 11.2 Å². The van der Waals surface area contributed by atoms with Crippen LogP contribution < -0.4 is 10.2 Å². The van der Waals surface area contributed by atoms with Crippen LogP contribution in [0.3, 0.4) is 0 Å². The van der Waals surface area contributed by atoms with Crippen LogP contribution in [0.5, 0.6) is 5.75 Å². The Morgan fingerprint density at radius 2 is 1.86 bits per heavy atom. The molecular formula is C17H18N2O2S. The van der Waals surface area contributed by atoms with Crippen LogP contribution >= 0.6 is 11.8 Å². The van der Waals surface area contributed by atoms with Crippen LogP contribution in [0.25, 0.3) is 0 Å². The fourth-order valence-electron chi connectivity index (χ4n) is 1.84. The predicted molar refractivity (Wildman–Crippen MR) is 90.7 cm³/mol. The molecule has 0 saturated heterocycles. The van der Waals surface area contributed by atoms with Crippen molar-refractivity contribution in [2.24, 2.45) is 5.10 Å². The Labute approximate surface area is 134 Å². The second-order valence-electron chi connectivity index (χ2n) is 4.59. The van der Waals surface area contributed by atoms with Gasteiger partial charge in [0.15, 0.2) is 0 Å². The van der Waals surface area contributed by atoms with E-state index in [1.54, 1.807) is 25.1 Å². The first-order valence-electron chi connectivity index (χ1n) is 6.80. The van der Waals surface area contributed by atoms with E-state index < -0.39 is 0 Å². The lowest BCUT2D eigenvalue weighted by molar-refractivity contribution is -0.120. The summed E-state index contributed by atoms with van der Waals surface area (Å²) in [5.74, 6) is 0.623. The normalized spacial score (nSPS) is 10.6. The smallest absolute Gasteiger partial charge is 0.244 e. The molecule has 2 aromatic rings. The summed E-state index contributed by atoms with van der Waals surface area (Å²) in [6.07, 6.45) is 3.95. The second kappa shape index (κ2) is 8.24. The van der Waals surface area contributed by atoms with Crippen molar-refractivity contribution in [2.75, 3.05) is 13.4 Å². The molecule has 0 aliphatic rings. The van der Waals surface area contributed by atoms with Gasteiger partial charge in [-0.2, -0.15) is 5.10 Å². The van der Waals surface area contributed by atoms with Crippen LogP contribution in [-0.4, -0.2) is 25.5 Å². The maximum atomic E-state index is 11.8. The fraction of sp³-hybridized carbons (Fsp3) is 0.176. The summed E-state index contributed by atoms with van der Waals surface area (Å²) in [7, 11) is 1.61. The molecule has 2 rings (SSSR count). The molecule has 2 aromatic carbocycles. The van der Waals surface area contributed by atoms with Gasteiger partial charge in [0.1, 0.15) is 5.75 Å². The molecule has 5 heteroatoms. The van der Waals surface area contributed by atoms with Crippen molar-refractivity contribution in [3.05, 3.63) is 59.7 Å². The van der Waals surface area contributed by atoms with Crippen LogP contribution in [0, 0.1) is 0 Å².